The predicted octanol–water partition coefficient (Wildman–Crippen LogP) is 3.90. The number of hydrogen-bond acceptors (Lipinski definition) is 6. The number of amides is 1. The molecule has 7 nitrogen and oxygen atoms in total. The van der Waals surface area contributed by atoms with E-state index in [0.717, 1.165) is 10.9 Å². The van der Waals surface area contributed by atoms with E-state index in [9.17, 15) is 4.79 Å². The van der Waals surface area contributed by atoms with Crippen LogP contribution in [0.4, 0.5) is 5.69 Å². The molecule has 2 aromatic carbocycles. The SMILES string of the molecule is COc1ccc(NC(=O)CSc2nnc3c(n2)[nH]c2ccccc23)cc1Cl. The molecule has 0 fully saturated rings. The van der Waals surface area contributed by atoms with Gasteiger partial charge in [-0.1, -0.05) is 41.6 Å². The number of carbonyl (C=O) groups is 1. The molecule has 0 unspecified atom stereocenters. The molecule has 0 atom stereocenters. The maximum atomic E-state index is 12.2. The highest BCUT2D eigenvalue weighted by Crippen LogP contribution is 2.27. The number of aromatic amines is 1. The minimum atomic E-state index is -0.193. The fraction of sp³-hybridized carbons (Fsp3) is 0.111. The van der Waals surface area contributed by atoms with Crippen LogP contribution in [0.1, 0.15) is 0 Å². The summed E-state index contributed by atoms with van der Waals surface area (Å²) in [6.45, 7) is 0. The van der Waals surface area contributed by atoms with E-state index in [1.54, 1.807) is 18.2 Å². The summed E-state index contributed by atoms with van der Waals surface area (Å²) in [7, 11) is 1.54. The Morgan fingerprint density at radius 3 is 2.93 bits per heavy atom. The Balaban J connectivity index is 1.44. The van der Waals surface area contributed by atoms with E-state index in [0.29, 0.717) is 32.8 Å². The molecule has 0 aliphatic carbocycles. The van der Waals surface area contributed by atoms with Gasteiger partial charge in [0.25, 0.3) is 0 Å². The van der Waals surface area contributed by atoms with E-state index in [-0.39, 0.29) is 11.7 Å². The zero-order chi connectivity index (χ0) is 18.8. The number of nitrogens with zero attached hydrogens (tertiary/aromatic N) is 3. The van der Waals surface area contributed by atoms with Crippen LogP contribution in [0, 0.1) is 0 Å². The molecule has 136 valence electrons. The van der Waals surface area contributed by atoms with Gasteiger partial charge in [0.2, 0.25) is 11.1 Å². The third-order valence-corrected chi connectivity index (χ3v) is 5.00. The van der Waals surface area contributed by atoms with Gasteiger partial charge in [-0.15, -0.1) is 10.2 Å². The summed E-state index contributed by atoms with van der Waals surface area (Å²) < 4.78 is 5.09. The first-order chi connectivity index (χ1) is 13.1. The van der Waals surface area contributed by atoms with E-state index in [2.05, 4.69) is 25.5 Å². The van der Waals surface area contributed by atoms with Crippen molar-refractivity contribution in [3.05, 3.63) is 47.5 Å². The van der Waals surface area contributed by atoms with E-state index >= 15 is 0 Å². The van der Waals surface area contributed by atoms with E-state index in [1.807, 2.05) is 24.3 Å². The highest BCUT2D eigenvalue weighted by molar-refractivity contribution is 7.99. The first-order valence-corrected chi connectivity index (χ1v) is 9.38. The third-order valence-electron chi connectivity index (χ3n) is 3.87. The molecule has 27 heavy (non-hydrogen) atoms. The molecular weight excluding hydrogens is 386 g/mol. The van der Waals surface area contributed by atoms with Crippen LogP contribution >= 0.6 is 23.4 Å². The molecule has 0 spiro atoms. The number of ether oxygens (including phenoxy) is 1. The molecule has 9 heteroatoms. The molecule has 0 bridgehead atoms. The Morgan fingerprint density at radius 1 is 1.26 bits per heavy atom. The van der Waals surface area contributed by atoms with Crippen molar-refractivity contribution in [2.75, 3.05) is 18.2 Å². The number of thioether (sulfide) groups is 1. The molecule has 0 aliphatic heterocycles. The quantitative estimate of drug-likeness (QED) is 0.494. The van der Waals surface area contributed by atoms with Crippen molar-refractivity contribution in [2.45, 2.75) is 5.16 Å². The summed E-state index contributed by atoms with van der Waals surface area (Å²) in [6.07, 6.45) is 0. The van der Waals surface area contributed by atoms with Gasteiger partial charge in [0.1, 0.15) is 11.3 Å². The summed E-state index contributed by atoms with van der Waals surface area (Å²) in [5.74, 6) is 0.508. The second kappa shape index (κ2) is 7.42. The van der Waals surface area contributed by atoms with E-state index < -0.39 is 0 Å². The van der Waals surface area contributed by atoms with Crippen LogP contribution in [0.15, 0.2) is 47.6 Å². The van der Waals surface area contributed by atoms with Crippen LogP contribution in [0.25, 0.3) is 22.1 Å². The van der Waals surface area contributed by atoms with Crippen molar-refractivity contribution < 1.29 is 9.53 Å². The van der Waals surface area contributed by atoms with Crippen molar-refractivity contribution in [3.63, 3.8) is 0 Å². The Bertz CT molecular complexity index is 1150. The lowest BCUT2D eigenvalue weighted by atomic mass is 10.2. The van der Waals surface area contributed by atoms with Gasteiger partial charge in [0, 0.05) is 16.6 Å². The molecule has 1 amide bonds. The zero-order valence-corrected chi connectivity index (χ0v) is 15.8. The molecule has 4 rings (SSSR count). The molecule has 2 aromatic heterocycles. The first-order valence-electron chi connectivity index (χ1n) is 8.01. The largest absolute Gasteiger partial charge is 0.495 e. The maximum Gasteiger partial charge on any atom is 0.234 e. The van der Waals surface area contributed by atoms with Crippen molar-refractivity contribution in [1.29, 1.82) is 0 Å². The first kappa shape index (κ1) is 17.6. The number of anilines is 1. The van der Waals surface area contributed by atoms with Gasteiger partial charge in [0.05, 0.1) is 17.9 Å². The Labute approximate surface area is 163 Å². The zero-order valence-electron chi connectivity index (χ0n) is 14.2. The Kier molecular flexibility index (Phi) is 4.83. The van der Waals surface area contributed by atoms with Crippen LogP contribution in [-0.4, -0.2) is 38.9 Å². The van der Waals surface area contributed by atoms with Crippen molar-refractivity contribution in [1.82, 2.24) is 20.2 Å². The van der Waals surface area contributed by atoms with Gasteiger partial charge < -0.3 is 15.0 Å². The van der Waals surface area contributed by atoms with Crippen LogP contribution in [0.2, 0.25) is 5.02 Å². The van der Waals surface area contributed by atoms with E-state index in [1.165, 1.54) is 18.9 Å². The summed E-state index contributed by atoms with van der Waals surface area (Å²) in [5, 5.41) is 13.0. The van der Waals surface area contributed by atoms with Crippen LogP contribution in [0.5, 0.6) is 5.75 Å². The number of aromatic nitrogens is 4. The predicted molar refractivity (Wildman–Crippen MR) is 107 cm³/mol. The number of H-pyrrole nitrogens is 1. The molecule has 0 saturated carbocycles. The highest BCUT2D eigenvalue weighted by Gasteiger charge is 2.11. The highest BCUT2D eigenvalue weighted by atomic mass is 35.5. The normalized spacial score (nSPS) is 11.0. The number of benzene rings is 2. The van der Waals surface area contributed by atoms with Crippen LogP contribution in [-0.2, 0) is 4.79 Å². The Morgan fingerprint density at radius 2 is 2.11 bits per heavy atom. The lowest BCUT2D eigenvalue weighted by molar-refractivity contribution is -0.113. The Hall–Kier alpha value is -2.84. The summed E-state index contributed by atoms with van der Waals surface area (Å²) in [5.41, 5.74) is 2.91. The number of para-hydroxylation sites is 1. The molecule has 0 radical (unpaired) electrons. The maximum absolute atomic E-state index is 12.2. The summed E-state index contributed by atoms with van der Waals surface area (Å²) in [6, 6.07) is 12.9. The number of fused-ring (bicyclic) bond motifs is 3. The molecule has 2 N–H and O–H groups in total. The minimum absolute atomic E-state index is 0.150. The molecule has 4 aromatic rings. The standard InChI is InChI=1S/C18H14ClN5O2S/c1-26-14-7-6-10(8-12(14)19)20-15(25)9-27-18-22-17-16(23-24-18)11-4-2-3-5-13(11)21-17/h2-8H,9H2,1H3,(H,20,25)(H,21,22,24). The number of hydrogen-bond donors (Lipinski definition) is 2. The van der Waals surface area contributed by atoms with Crippen LogP contribution < -0.4 is 10.1 Å². The smallest absolute Gasteiger partial charge is 0.234 e. The minimum Gasteiger partial charge on any atom is -0.495 e. The fourth-order valence-corrected chi connectivity index (χ4v) is 3.48. The molecule has 0 aliphatic rings. The third kappa shape index (κ3) is 3.67. The van der Waals surface area contributed by atoms with Gasteiger partial charge >= 0.3 is 0 Å². The van der Waals surface area contributed by atoms with Crippen molar-refractivity contribution in [2.24, 2.45) is 0 Å². The van der Waals surface area contributed by atoms with Gasteiger partial charge in [-0.3, -0.25) is 4.79 Å². The number of halogens is 1. The second-order valence-corrected chi connectivity index (χ2v) is 7.00. The van der Waals surface area contributed by atoms with Gasteiger partial charge in [-0.25, -0.2) is 4.98 Å². The second-order valence-electron chi connectivity index (χ2n) is 5.65. The number of nitrogens with one attached hydrogen (secondary N) is 2. The van der Waals surface area contributed by atoms with E-state index in [4.69, 9.17) is 16.3 Å². The fourth-order valence-electron chi connectivity index (χ4n) is 2.64. The summed E-state index contributed by atoms with van der Waals surface area (Å²) >= 11 is 7.27. The lowest BCUT2D eigenvalue weighted by Gasteiger charge is -2.07. The van der Waals surface area contributed by atoms with Gasteiger partial charge in [-0.2, -0.15) is 0 Å². The lowest BCUT2D eigenvalue weighted by Crippen LogP contribution is -2.14. The molecule has 0 saturated heterocycles. The van der Waals surface area contributed by atoms with Gasteiger partial charge in [0.15, 0.2) is 5.65 Å². The molecular formula is C18H14ClN5O2S. The van der Waals surface area contributed by atoms with Crippen LogP contribution in [0.3, 0.4) is 0 Å². The average molecular weight is 400 g/mol. The summed E-state index contributed by atoms with van der Waals surface area (Å²) in [4.78, 5) is 19.8. The average Bonchev–Trinajstić information content (AvgIpc) is 3.04. The monoisotopic (exact) mass is 399 g/mol. The van der Waals surface area contributed by atoms with Crippen molar-refractivity contribution in [3.8, 4) is 5.75 Å². The molecule has 2 heterocycles. The number of rotatable bonds is 5. The van der Waals surface area contributed by atoms with Crippen molar-refractivity contribution >= 4 is 57.0 Å². The number of carbonyl (C=O) groups excluding carboxylic acids is 1. The number of methoxy groups -OCH3 is 1. The topological polar surface area (TPSA) is 92.8 Å². The van der Waals surface area contributed by atoms with Gasteiger partial charge in [-0.05, 0) is 24.3 Å².